The van der Waals surface area contributed by atoms with E-state index in [9.17, 15) is 9.59 Å². The third-order valence-electron chi connectivity index (χ3n) is 3.76. The Morgan fingerprint density at radius 1 is 1.48 bits per heavy atom. The zero-order chi connectivity index (χ0) is 15.7. The summed E-state index contributed by atoms with van der Waals surface area (Å²) in [6.07, 6.45) is 3.26. The Bertz CT molecular complexity index is 336. The number of nitrogens with two attached hydrogens (primary N) is 1. The molecule has 1 heterocycles. The van der Waals surface area contributed by atoms with Crippen molar-refractivity contribution in [1.29, 1.82) is 0 Å². The van der Waals surface area contributed by atoms with Crippen LogP contribution >= 0.6 is 0 Å². The molecule has 2 amide bonds. The summed E-state index contributed by atoms with van der Waals surface area (Å²) in [6, 6.07) is 0. The van der Waals surface area contributed by atoms with Crippen LogP contribution in [0.25, 0.3) is 0 Å². The van der Waals surface area contributed by atoms with Crippen molar-refractivity contribution in [2.24, 2.45) is 11.7 Å². The van der Waals surface area contributed by atoms with Gasteiger partial charge in [-0.05, 0) is 26.2 Å². The molecular formula is C15H29N3O3. The summed E-state index contributed by atoms with van der Waals surface area (Å²) in [5.41, 5.74) is 5.38. The lowest BCUT2D eigenvalue weighted by atomic mass is 9.96. The number of hydrogen-bond acceptors (Lipinski definition) is 4. The molecule has 0 aromatic rings. The molecule has 0 spiro atoms. The van der Waals surface area contributed by atoms with Crippen LogP contribution in [-0.2, 0) is 14.3 Å². The molecule has 122 valence electrons. The summed E-state index contributed by atoms with van der Waals surface area (Å²) < 4.78 is 5.55. The number of nitrogens with zero attached hydrogens (tertiary/aromatic N) is 1. The van der Waals surface area contributed by atoms with Crippen LogP contribution in [0.4, 0.5) is 0 Å². The Labute approximate surface area is 127 Å². The third-order valence-corrected chi connectivity index (χ3v) is 3.76. The van der Waals surface area contributed by atoms with E-state index in [2.05, 4.69) is 12.2 Å². The predicted molar refractivity (Wildman–Crippen MR) is 81.7 cm³/mol. The molecule has 2 unspecified atom stereocenters. The first-order chi connectivity index (χ1) is 10.1. The summed E-state index contributed by atoms with van der Waals surface area (Å²) in [7, 11) is 0. The van der Waals surface area contributed by atoms with Gasteiger partial charge < -0.3 is 20.7 Å². The maximum atomic E-state index is 12.3. The molecule has 0 aromatic heterocycles. The minimum absolute atomic E-state index is 0.00231. The molecule has 0 bridgehead atoms. The number of carbonyl (C=O) groups is 2. The van der Waals surface area contributed by atoms with Gasteiger partial charge in [0.2, 0.25) is 5.91 Å². The van der Waals surface area contributed by atoms with Crippen molar-refractivity contribution in [2.45, 2.75) is 45.6 Å². The summed E-state index contributed by atoms with van der Waals surface area (Å²) in [4.78, 5) is 26.1. The molecule has 6 nitrogen and oxygen atoms in total. The van der Waals surface area contributed by atoms with Crippen LogP contribution in [-0.4, -0.2) is 55.6 Å². The normalized spacial score (nSPS) is 20.1. The van der Waals surface area contributed by atoms with E-state index in [1.807, 2.05) is 0 Å². The number of nitrogens with one attached hydrogen (secondary N) is 1. The number of ether oxygens (including phenoxy) is 1. The average Bonchev–Trinajstić information content (AvgIpc) is 2.52. The zero-order valence-corrected chi connectivity index (χ0v) is 13.3. The van der Waals surface area contributed by atoms with Gasteiger partial charge in [-0.25, -0.2) is 0 Å². The van der Waals surface area contributed by atoms with Crippen molar-refractivity contribution in [3.8, 4) is 0 Å². The van der Waals surface area contributed by atoms with Crippen molar-refractivity contribution < 1.29 is 14.3 Å². The molecule has 2 atom stereocenters. The van der Waals surface area contributed by atoms with Gasteiger partial charge in [-0.15, -0.1) is 0 Å². The Hall–Kier alpha value is -1.14. The topological polar surface area (TPSA) is 84.7 Å². The standard InChI is InChI=1S/C15H29N3O3/c1-3-4-10-21-12(2)15(20)18-9-5-6-13(11-18)14(19)17-8-7-16/h12-13H,3-11,16H2,1-2H3,(H,17,19). The molecule has 0 aromatic carbocycles. The number of unbranched alkanes of at least 4 members (excludes halogenated alkanes) is 1. The van der Waals surface area contributed by atoms with Gasteiger partial charge in [0.25, 0.3) is 5.91 Å². The molecule has 1 rings (SSSR count). The fourth-order valence-corrected chi connectivity index (χ4v) is 2.46. The molecule has 1 aliphatic rings. The molecule has 0 saturated carbocycles. The Kier molecular flexibility index (Phi) is 8.30. The van der Waals surface area contributed by atoms with Crippen molar-refractivity contribution in [3.05, 3.63) is 0 Å². The smallest absolute Gasteiger partial charge is 0.251 e. The fourth-order valence-electron chi connectivity index (χ4n) is 2.46. The SMILES string of the molecule is CCCCOC(C)C(=O)N1CCCC(C(=O)NCCN)C1. The van der Waals surface area contributed by atoms with Gasteiger partial charge in [-0.1, -0.05) is 13.3 Å². The van der Waals surface area contributed by atoms with E-state index < -0.39 is 6.10 Å². The number of likely N-dealkylation sites (tertiary alicyclic amines) is 1. The average molecular weight is 299 g/mol. The van der Waals surface area contributed by atoms with Crippen molar-refractivity contribution in [3.63, 3.8) is 0 Å². The molecule has 1 saturated heterocycles. The quantitative estimate of drug-likeness (QED) is 0.639. The summed E-state index contributed by atoms with van der Waals surface area (Å²) in [5, 5.41) is 2.80. The second-order valence-electron chi connectivity index (χ2n) is 5.57. The van der Waals surface area contributed by atoms with Gasteiger partial charge in [-0.2, -0.15) is 0 Å². The Balaban J connectivity index is 2.43. The summed E-state index contributed by atoms with van der Waals surface area (Å²) >= 11 is 0. The number of hydrogen-bond donors (Lipinski definition) is 2. The van der Waals surface area contributed by atoms with E-state index in [1.165, 1.54) is 0 Å². The zero-order valence-electron chi connectivity index (χ0n) is 13.3. The molecule has 21 heavy (non-hydrogen) atoms. The van der Waals surface area contributed by atoms with Gasteiger partial charge in [0.15, 0.2) is 0 Å². The first-order valence-corrected chi connectivity index (χ1v) is 7.98. The molecule has 6 heteroatoms. The molecule has 0 radical (unpaired) electrons. The first-order valence-electron chi connectivity index (χ1n) is 7.98. The maximum Gasteiger partial charge on any atom is 0.251 e. The molecule has 1 aliphatic heterocycles. The minimum Gasteiger partial charge on any atom is -0.369 e. The summed E-state index contributed by atoms with van der Waals surface area (Å²) in [5.74, 6) is -0.142. The lowest BCUT2D eigenvalue weighted by Gasteiger charge is -2.33. The van der Waals surface area contributed by atoms with Gasteiger partial charge in [0.1, 0.15) is 6.10 Å². The van der Waals surface area contributed by atoms with Crippen LogP contribution in [0, 0.1) is 5.92 Å². The predicted octanol–water partition coefficient (Wildman–Crippen LogP) is 0.505. The van der Waals surface area contributed by atoms with Crippen molar-refractivity contribution >= 4 is 11.8 Å². The highest BCUT2D eigenvalue weighted by atomic mass is 16.5. The summed E-state index contributed by atoms with van der Waals surface area (Å²) in [6.45, 7) is 6.60. The van der Waals surface area contributed by atoms with Crippen molar-refractivity contribution in [2.75, 3.05) is 32.8 Å². The van der Waals surface area contributed by atoms with E-state index in [-0.39, 0.29) is 17.7 Å². The van der Waals surface area contributed by atoms with Gasteiger partial charge >= 0.3 is 0 Å². The van der Waals surface area contributed by atoms with E-state index in [0.717, 1.165) is 25.7 Å². The van der Waals surface area contributed by atoms with Gasteiger partial charge in [-0.3, -0.25) is 9.59 Å². The molecule has 1 fully saturated rings. The van der Waals surface area contributed by atoms with Gasteiger partial charge in [0, 0.05) is 32.8 Å². The fraction of sp³-hybridized carbons (Fsp3) is 0.867. The number of carbonyl (C=O) groups excluding carboxylic acids is 2. The minimum atomic E-state index is -0.428. The monoisotopic (exact) mass is 299 g/mol. The highest BCUT2D eigenvalue weighted by molar-refractivity contribution is 5.83. The molecular weight excluding hydrogens is 270 g/mol. The van der Waals surface area contributed by atoms with E-state index in [1.54, 1.807) is 11.8 Å². The van der Waals surface area contributed by atoms with Gasteiger partial charge in [0.05, 0.1) is 5.92 Å². The highest BCUT2D eigenvalue weighted by Crippen LogP contribution is 2.18. The number of piperidine rings is 1. The number of rotatable bonds is 8. The molecule has 0 aliphatic carbocycles. The second kappa shape index (κ2) is 9.73. The second-order valence-corrected chi connectivity index (χ2v) is 5.57. The van der Waals surface area contributed by atoms with E-state index in [4.69, 9.17) is 10.5 Å². The first kappa shape index (κ1) is 17.9. The number of amides is 2. The largest absolute Gasteiger partial charge is 0.369 e. The molecule has 3 N–H and O–H groups in total. The van der Waals surface area contributed by atoms with Crippen LogP contribution in [0.1, 0.15) is 39.5 Å². The van der Waals surface area contributed by atoms with E-state index in [0.29, 0.717) is 32.8 Å². The van der Waals surface area contributed by atoms with Crippen LogP contribution in [0.3, 0.4) is 0 Å². The lowest BCUT2D eigenvalue weighted by molar-refractivity contribution is -0.145. The third kappa shape index (κ3) is 6.01. The van der Waals surface area contributed by atoms with Crippen LogP contribution in [0.5, 0.6) is 0 Å². The Morgan fingerprint density at radius 2 is 2.24 bits per heavy atom. The van der Waals surface area contributed by atoms with E-state index >= 15 is 0 Å². The van der Waals surface area contributed by atoms with Crippen LogP contribution in [0.2, 0.25) is 0 Å². The maximum absolute atomic E-state index is 12.3. The van der Waals surface area contributed by atoms with Crippen molar-refractivity contribution in [1.82, 2.24) is 10.2 Å². The van der Waals surface area contributed by atoms with Crippen LogP contribution in [0.15, 0.2) is 0 Å². The van der Waals surface area contributed by atoms with Crippen LogP contribution < -0.4 is 11.1 Å². The highest BCUT2D eigenvalue weighted by Gasteiger charge is 2.30. The lowest BCUT2D eigenvalue weighted by Crippen LogP contribution is -2.49. The Morgan fingerprint density at radius 3 is 2.90 bits per heavy atom.